The third-order valence-corrected chi connectivity index (χ3v) is 2.91. The SMILES string of the molecule is O=C(O)C(=CNc1nc(-c2ccccc2)ns1)C(=O)O. The van der Waals surface area contributed by atoms with Gasteiger partial charge in [-0.2, -0.15) is 9.36 Å². The number of carboxylic acids is 2. The Morgan fingerprint density at radius 3 is 2.40 bits per heavy atom. The average Bonchev–Trinajstić information content (AvgIpc) is 2.88. The van der Waals surface area contributed by atoms with Crippen LogP contribution < -0.4 is 5.32 Å². The van der Waals surface area contributed by atoms with Crippen LogP contribution in [-0.4, -0.2) is 31.5 Å². The van der Waals surface area contributed by atoms with Gasteiger partial charge in [0.2, 0.25) is 5.13 Å². The summed E-state index contributed by atoms with van der Waals surface area (Å²) in [4.78, 5) is 25.5. The number of hydrogen-bond donors (Lipinski definition) is 3. The van der Waals surface area contributed by atoms with Crippen molar-refractivity contribution in [3.8, 4) is 11.4 Å². The van der Waals surface area contributed by atoms with Gasteiger partial charge in [0.05, 0.1) is 0 Å². The highest BCUT2D eigenvalue weighted by molar-refractivity contribution is 7.09. The minimum absolute atomic E-state index is 0.309. The van der Waals surface area contributed by atoms with E-state index in [0.717, 1.165) is 23.3 Å². The lowest BCUT2D eigenvalue weighted by molar-refractivity contribution is -0.140. The second-order valence-electron chi connectivity index (χ2n) is 3.60. The Morgan fingerprint density at radius 1 is 1.15 bits per heavy atom. The van der Waals surface area contributed by atoms with Crippen LogP contribution in [0.1, 0.15) is 0 Å². The molecule has 0 aliphatic heterocycles. The summed E-state index contributed by atoms with van der Waals surface area (Å²) in [6.07, 6.45) is 0.875. The number of anilines is 1. The number of hydrogen-bond acceptors (Lipinski definition) is 6. The Morgan fingerprint density at radius 2 is 1.80 bits per heavy atom. The van der Waals surface area contributed by atoms with Crippen molar-refractivity contribution in [2.45, 2.75) is 0 Å². The lowest BCUT2D eigenvalue weighted by Crippen LogP contribution is -2.12. The van der Waals surface area contributed by atoms with Crippen LogP contribution in [0.5, 0.6) is 0 Å². The second kappa shape index (κ2) is 5.93. The monoisotopic (exact) mass is 291 g/mol. The molecule has 0 bridgehead atoms. The number of rotatable bonds is 5. The Labute approximate surface area is 117 Å². The number of carbonyl (C=O) groups is 2. The first-order valence-corrected chi connectivity index (χ1v) is 6.17. The van der Waals surface area contributed by atoms with Gasteiger partial charge >= 0.3 is 11.9 Å². The molecule has 0 atom stereocenters. The molecule has 0 radical (unpaired) electrons. The van der Waals surface area contributed by atoms with Gasteiger partial charge in [0.15, 0.2) is 11.4 Å². The molecular formula is C12H9N3O4S. The molecule has 0 saturated heterocycles. The predicted molar refractivity (Wildman–Crippen MR) is 72.3 cm³/mol. The topological polar surface area (TPSA) is 112 Å². The Kier molecular flexibility index (Phi) is 4.06. The number of aromatic nitrogens is 2. The van der Waals surface area contributed by atoms with Crippen LogP contribution in [0.15, 0.2) is 42.1 Å². The lowest BCUT2D eigenvalue weighted by Gasteiger charge is -1.96. The zero-order valence-electron chi connectivity index (χ0n) is 9.98. The van der Waals surface area contributed by atoms with Gasteiger partial charge in [-0.05, 0) is 0 Å². The van der Waals surface area contributed by atoms with Gasteiger partial charge in [0.25, 0.3) is 0 Å². The summed E-state index contributed by atoms with van der Waals surface area (Å²) in [6.45, 7) is 0. The highest BCUT2D eigenvalue weighted by atomic mass is 32.1. The van der Waals surface area contributed by atoms with Gasteiger partial charge < -0.3 is 15.5 Å². The summed E-state index contributed by atoms with van der Waals surface area (Å²) in [7, 11) is 0. The number of nitrogens with zero attached hydrogens (tertiary/aromatic N) is 2. The molecule has 0 spiro atoms. The van der Waals surface area contributed by atoms with E-state index in [-0.39, 0.29) is 0 Å². The molecule has 102 valence electrons. The molecule has 0 saturated carbocycles. The number of benzene rings is 1. The minimum atomic E-state index is -1.53. The average molecular weight is 291 g/mol. The van der Waals surface area contributed by atoms with Gasteiger partial charge in [-0.1, -0.05) is 30.3 Å². The maximum Gasteiger partial charge on any atom is 0.344 e. The molecule has 0 aliphatic carbocycles. The fourth-order valence-corrected chi connectivity index (χ4v) is 1.89. The first kappa shape index (κ1) is 13.7. The van der Waals surface area contributed by atoms with Crippen LogP contribution >= 0.6 is 11.5 Å². The standard InChI is InChI=1S/C12H9N3O4S/c16-10(17)8(11(18)19)6-13-12-14-9(15-20-12)7-4-2-1-3-5-7/h1-6H,(H,16,17)(H,18,19)(H,13,14,15). The first-order valence-electron chi connectivity index (χ1n) is 5.40. The van der Waals surface area contributed by atoms with Crippen LogP contribution in [0, 0.1) is 0 Å². The van der Waals surface area contributed by atoms with Crippen molar-refractivity contribution in [2.24, 2.45) is 0 Å². The van der Waals surface area contributed by atoms with Crippen molar-refractivity contribution in [1.82, 2.24) is 9.36 Å². The normalized spacial score (nSPS) is 9.80. The van der Waals surface area contributed by atoms with E-state index in [1.165, 1.54) is 0 Å². The van der Waals surface area contributed by atoms with E-state index in [9.17, 15) is 9.59 Å². The third kappa shape index (κ3) is 3.18. The molecule has 1 aromatic heterocycles. The van der Waals surface area contributed by atoms with Crippen LogP contribution in [0.4, 0.5) is 5.13 Å². The molecule has 20 heavy (non-hydrogen) atoms. The molecule has 8 heteroatoms. The Bertz CT molecular complexity index is 650. The number of aliphatic carboxylic acids is 2. The molecule has 0 aliphatic rings. The van der Waals surface area contributed by atoms with E-state index in [0.29, 0.717) is 11.0 Å². The number of carboxylic acid groups (broad SMARTS) is 2. The van der Waals surface area contributed by atoms with E-state index in [1.807, 2.05) is 30.3 Å². The maximum absolute atomic E-state index is 10.7. The second-order valence-corrected chi connectivity index (χ2v) is 4.35. The largest absolute Gasteiger partial charge is 0.477 e. The van der Waals surface area contributed by atoms with Crippen LogP contribution in [-0.2, 0) is 9.59 Å². The highest BCUT2D eigenvalue weighted by Crippen LogP contribution is 2.20. The summed E-state index contributed by atoms with van der Waals surface area (Å²) in [5.74, 6) is -2.57. The quantitative estimate of drug-likeness (QED) is 0.436. The Hall–Kier alpha value is -2.74. The molecule has 7 nitrogen and oxygen atoms in total. The summed E-state index contributed by atoms with van der Waals surface area (Å²) in [6, 6.07) is 9.22. The van der Waals surface area contributed by atoms with Gasteiger partial charge in [0.1, 0.15) is 0 Å². The van der Waals surface area contributed by atoms with Crippen molar-refractivity contribution in [1.29, 1.82) is 0 Å². The maximum atomic E-state index is 10.7. The number of nitrogens with one attached hydrogen (secondary N) is 1. The molecule has 0 fully saturated rings. The molecular weight excluding hydrogens is 282 g/mol. The molecule has 1 aromatic carbocycles. The van der Waals surface area contributed by atoms with E-state index in [1.54, 1.807) is 0 Å². The van der Waals surface area contributed by atoms with Crippen molar-refractivity contribution < 1.29 is 19.8 Å². The minimum Gasteiger partial charge on any atom is -0.477 e. The van der Waals surface area contributed by atoms with Crippen molar-refractivity contribution >= 4 is 28.6 Å². The van der Waals surface area contributed by atoms with Gasteiger partial charge in [-0.3, -0.25) is 0 Å². The van der Waals surface area contributed by atoms with E-state index < -0.39 is 17.5 Å². The van der Waals surface area contributed by atoms with Crippen molar-refractivity contribution in [2.75, 3.05) is 5.32 Å². The zero-order valence-corrected chi connectivity index (χ0v) is 10.8. The summed E-state index contributed by atoms with van der Waals surface area (Å²) < 4.78 is 4.10. The van der Waals surface area contributed by atoms with Crippen LogP contribution in [0.3, 0.4) is 0 Å². The van der Waals surface area contributed by atoms with Crippen molar-refractivity contribution in [3.05, 3.63) is 42.1 Å². The third-order valence-electron chi connectivity index (χ3n) is 2.26. The highest BCUT2D eigenvalue weighted by Gasteiger charge is 2.16. The molecule has 0 amide bonds. The van der Waals surface area contributed by atoms with Crippen LogP contribution in [0.2, 0.25) is 0 Å². The van der Waals surface area contributed by atoms with Gasteiger partial charge in [0, 0.05) is 23.3 Å². The smallest absolute Gasteiger partial charge is 0.344 e. The summed E-state index contributed by atoms with van der Waals surface area (Å²) in [5, 5.41) is 20.2. The molecule has 2 aromatic rings. The summed E-state index contributed by atoms with van der Waals surface area (Å²) in [5.41, 5.74) is 0.0407. The lowest BCUT2D eigenvalue weighted by atomic mass is 10.2. The van der Waals surface area contributed by atoms with Crippen LogP contribution in [0.25, 0.3) is 11.4 Å². The molecule has 1 heterocycles. The zero-order chi connectivity index (χ0) is 14.5. The van der Waals surface area contributed by atoms with E-state index >= 15 is 0 Å². The van der Waals surface area contributed by atoms with E-state index in [4.69, 9.17) is 10.2 Å². The summed E-state index contributed by atoms with van der Waals surface area (Å²) >= 11 is 1.01. The fraction of sp³-hybridized carbons (Fsp3) is 0. The van der Waals surface area contributed by atoms with Crippen molar-refractivity contribution in [3.63, 3.8) is 0 Å². The van der Waals surface area contributed by atoms with Gasteiger partial charge in [-0.15, -0.1) is 0 Å². The van der Waals surface area contributed by atoms with Gasteiger partial charge in [-0.25, -0.2) is 9.59 Å². The first-order chi connectivity index (χ1) is 9.58. The fourth-order valence-electron chi connectivity index (χ4n) is 1.34. The molecule has 2 rings (SSSR count). The Balaban J connectivity index is 2.16. The predicted octanol–water partition coefficient (Wildman–Crippen LogP) is 1.67. The molecule has 0 unspecified atom stereocenters. The molecule has 3 N–H and O–H groups in total. The van der Waals surface area contributed by atoms with E-state index in [2.05, 4.69) is 14.7 Å².